The van der Waals surface area contributed by atoms with Crippen LogP contribution in [0, 0.1) is 0 Å². The van der Waals surface area contributed by atoms with Crippen molar-refractivity contribution >= 4 is 35.2 Å². The summed E-state index contributed by atoms with van der Waals surface area (Å²) in [4.78, 5) is 26.2. The van der Waals surface area contributed by atoms with Crippen molar-refractivity contribution < 1.29 is 19.1 Å². The SMILES string of the molecule is C=CCN1C(=O)C(=Cc2ccc(OCc3ccccc3)cc2OC)C(=O)NC1=S. The number of benzene rings is 2. The maximum Gasteiger partial charge on any atom is 0.265 e. The van der Waals surface area contributed by atoms with Crippen molar-refractivity contribution in [2.75, 3.05) is 13.7 Å². The summed E-state index contributed by atoms with van der Waals surface area (Å²) >= 11 is 5.06. The van der Waals surface area contributed by atoms with Crippen molar-refractivity contribution in [3.63, 3.8) is 0 Å². The number of carbonyl (C=O) groups excluding carboxylic acids is 2. The summed E-state index contributed by atoms with van der Waals surface area (Å²) in [7, 11) is 1.51. The normalized spacial score (nSPS) is 15.3. The highest BCUT2D eigenvalue weighted by molar-refractivity contribution is 7.80. The third-order valence-electron chi connectivity index (χ3n) is 4.25. The molecule has 1 aliphatic heterocycles. The van der Waals surface area contributed by atoms with Gasteiger partial charge in [-0.1, -0.05) is 36.4 Å². The summed E-state index contributed by atoms with van der Waals surface area (Å²) in [6, 6.07) is 15.0. The minimum Gasteiger partial charge on any atom is -0.496 e. The second kappa shape index (κ2) is 9.16. The highest BCUT2D eigenvalue weighted by Gasteiger charge is 2.32. The molecular formula is C22H20N2O4S. The lowest BCUT2D eigenvalue weighted by Gasteiger charge is -2.27. The van der Waals surface area contributed by atoms with Crippen LogP contribution in [0.1, 0.15) is 11.1 Å². The lowest BCUT2D eigenvalue weighted by molar-refractivity contribution is -0.128. The van der Waals surface area contributed by atoms with Crippen LogP contribution in [-0.2, 0) is 16.2 Å². The van der Waals surface area contributed by atoms with Gasteiger partial charge in [-0.15, -0.1) is 6.58 Å². The maximum absolute atomic E-state index is 12.7. The highest BCUT2D eigenvalue weighted by Crippen LogP contribution is 2.28. The van der Waals surface area contributed by atoms with Crippen LogP contribution in [0.2, 0.25) is 0 Å². The Morgan fingerprint density at radius 2 is 1.93 bits per heavy atom. The molecule has 1 heterocycles. The van der Waals surface area contributed by atoms with E-state index in [0.717, 1.165) is 5.56 Å². The van der Waals surface area contributed by atoms with Crippen LogP contribution in [0.4, 0.5) is 0 Å². The maximum atomic E-state index is 12.7. The Kier molecular flexibility index (Phi) is 6.41. The molecule has 2 amide bonds. The quantitative estimate of drug-likeness (QED) is 0.330. The molecule has 0 aromatic heterocycles. The molecule has 1 fully saturated rings. The second-order valence-corrected chi connectivity index (χ2v) is 6.59. The average Bonchev–Trinajstić information content (AvgIpc) is 2.73. The number of ether oxygens (including phenoxy) is 2. The molecule has 3 rings (SSSR count). The molecule has 6 nitrogen and oxygen atoms in total. The standard InChI is InChI=1S/C22H20N2O4S/c1-3-11-24-21(26)18(20(25)23-22(24)29)12-16-9-10-17(13-19(16)27-2)28-14-15-7-5-4-6-8-15/h3-10,12-13H,1,11,14H2,2H3,(H,23,25,29). The Labute approximate surface area is 174 Å². The molecule has 0 radical (unpaired) electrons. The molecule has 2 aromatic rings. The van der Waals surface area contributed by atoms with Gasteiger partial charge in [0.05, 0.1) is 7.11 Å². The minimum absolute atomic E-state index is 0.0308. The van der Waals surface area contributed by atoms with E-state index in [1.165, 1.54) is 18.1 Å². The fraction of sp³-hybridized carbons (Fsp3) is 0.136. The Bertz CT molecular complexity index is 986. The number of hydrogen-bond acceptors (Lipinski definition) is 5. The number of methoxy groups -OCH3 is 1. The monoisotopic (exact) mass is 408 g/mol. The van der Waals surface area contributed by atoms with Crippen molar-refractivity contribution in [3.05, 3.63) is 77.9 Å². The Morgan fingerprint density at radius 3 is 2.62 bits per heavy atom. The van der Waals surface area contributed by atoms with Crippen molar-refractivity contribution in [2.45, 2.75) is 6.61 Å². The molecule has 148 valence electrons. The van der Waals surface area contributed by atoms with Crippen LogP contribution >= 0.6 is 12.2 Å². The molecular weight excluding hydrogens is 388 g/mol. The van der Waals surface area contributed by atoms with Crippen LogP contribution in [0.5, 0.6) is 11.5 Å². The summed E-state index contributed by atoms with van der Waals surface area (Å²) in [5, 5.41) is 2.58. The van der Waals surface area contributed by atoms with Crippen molar-refractivity contribution in [2.24, 2.45) is 0 Å². The summed E-state index contributed by atoms with van der Waals surface area (Å²) in [5.74, 6) is 0.0608. The lowest BCUT2D eigenvalue weighted by atomic mass is 10.1. The van der Waals surface area contributed by atoms with Gasteiger partial charge in [-0.2, -0.15) is 0 Å². The summed E-state index contributed by atoms with van der Waals surface area (Å²) < 4.78 is 11.2. The number of nitrogens with zero attached hydrogens (tertiary/aromatic N) is 1. The summed E-state index contributed by atoms with van der Waals surface area (Å²) in [5.41, 5.74) is 1.58. The van der Waals surface area contributed by atoms with Crippen LogP contribution < -0.4 is 14.8 Å². The van der Waals surface area contributed by atoms with E-state index in [-0.39, 0.29) is 17.2 Å². The van der Waals surface area contributed by atoms with Gasteiger partial charge < -0.3 is 9.47 Å². The topological polar surface area (TPSA) is 67.9 Å². The van der Waals surface area contributed by atoms with Gasteiger partial charge in [0.2, 0.25) is 0 Å². The van der Waals surface area contributed by atoms with Gasteiger partial charge in [0.25, 0.3) is 11.8 Å². The van der Waals surface area contributed by atoms with Gasteiger partial charge in [0.15, 0.2) is 5.11 Å². The van der Waals surface area contributed by atoms with Crippen LogP contribution in [-0.4, -0.2) is 35.5 Å². The van der Waals surface area contributed by atoms with E-state index in [1.807, 2.05) is 30.3 Å². The molecule has 0 saturated carbocycles. The fourth-order valence-electron chi connectivity index (χ4n) is 2.79. The largest absolute Gasteiger partial charge is 0.496 e. The molecule has 0 spiro atoms. The number of nitrogens with one attached hydrogen (secondary N) is 1. The predicted molar refractivity (Wildman–Crippen MR) is 114 cm³/mol. The van der Waals surface area contributed by atoms with E-state index in [2.05, 4.69) is 11.9 Å². The van der Waals surface area contributed by atoms with Gasteiger partial charge in [-0.3, -0.25) is 19.8 Å². The molecule has 1 aliphatic rings. The van der Waals surface area contributed by atoms with Gasteiger partial charge in [-0.25, -0.2) is 0 Å². The Hall–Kier alpha value is -3.45. The van der Waals surface area contributed by atoms with E-state index in [4.69, 9.17) is 21.7 Å². The number of thiocarbonyl (C=S) groups is 1. The van der Waals surface area contributed by atoms with E-state index in [1.54, 1.807) is 24.3 Å². The predicted octanol–water partition coefficient (Wildman–Crippen LogP) is 3.09. The molecule has 0 unspecified atom stereocenters. The molecule has 7 heteroatoms. The molecule has 0 atom stereocenters. The molecule has 1 N–H and O–H groups in total. The highest BCUT2D eigenvalue weighted by atomic mass is 32.1. The molecule has 2 aromatic carbocycles. The first-order valence-electron chi connectivity index (χ1n) is 8.88. The molecule has 0 bridgehead atoms. The third-order valence-corrected chi connectivity index (χ3v) is 4.57. The van der Waals surface area contributed by atoms with Crippen LogP contribution in [0.15, 0.2) is 66.8 Å². The Balaban J connectivity index is 1.84. The molecule has 0 aliphatic carbocycles. The lowest BCUT2D eigenvalue weighted by Crippen LogP contribution is -2.53. The minimum atomic E-state index is -0.549. The zero-order valence-electron chi connectivity index (χ0n) is 15.9. The van der Waals surface area contributed by atoms with Gasteiger partial charge >= 0.3 is 0 Å². The summed E-state index contributed by atoms with van der Waals surface area (Å²) in [6.07, 6.45) is 3.02. The van der Waals surface area contributed by atoms with Crippen LogP contribution in [0.25, 0.3) is 6.08 Å². The average molecular weight is 408 g/mol. The Morgan fingerprint density at radius 1 is 1.17 bits per heavy atom. The molecule has 29 heavy (non-hydrogen) atoms. The van der Waals surface area contributed by atoms with E-state index in [0.29, 0.717) is 23.7 Å². The smallest absolute Gasteiger partial charge is 0.265 e. The van der Waals surface area contributed by atoms with E-state index >= 15 is 0 Å². The molecule has 1 saturated heterocycles. The van der Waals surface area contributed by atoms with Crippen LogP contribution in [0.3, 0.4) is 0 Å². The fourth-order valence-corrected chi connectivity index (χ4v) is 3.04. The second-order valence-electron chi connectivity index (χ2n) is 6.20. The number of rotatable bonds is 7. The number of amides is 2. The van der Waals surface area contributed by atoms with Gasteiger partial charge in [0.1, 0.15) is 23.7 Å². The van der Waals surface area contributed by atoms with Crippen molar-refractivity contribution in [1.29, 1.82) is 0 Å². The van der Waals surface area contributed by atoms with Crippen molar-refractivity contribution in [3.8, 4) is 11.5 Å². The summed E-state index contributed by atoms with van der Waals surface area (Å²) in [6.45, 7) is 4.23. The number of carbonyl (C=O) groups is 2. The third kappa shape index (κ3) is 4.70. The van der Waals surface area contributed by atoms with Crippen molar-refractivity contribution in [1.82, 2.24) is 10.2 Å². The van der Waals surface area contributed by atoms with E-state index in [9.17, 15) is 9.59 Å². The zero-order valence-corrected chi connectivity index (χ0v) is 16.7. The number of hydrogen-bond donors (Lipinski definition) is 1. The first kappa shape index (κ1) is 20.3. The first-order chi connectivity index (χ1) is 14.0. The van der Waals surface area contributed by atoms with Gasteiger partial charge in [0, 0.05) is 18.2 Å². The first-order valence-corrected chi connectivity index (χ1v) is 9.29. The van der Waals surface area contributed by atoms with Gasteiger partial charge in [-0.05, 0) is 36.0 Å². The van der Waals surface area contributed by atoms with E-state index < -0.39 is 11.8 Å². The zero-order chi connectivity index (χ0) is 20.8.